The summed E-state index contributed by atoms with van der Waals surface area (Å²) in [6.45, 7) is 7.31. The van der Waals surface area contributed by atoms with Crippen LogP contribution in [-0.2, 0) is 14.4 Å². The maximum Gasteiger partial charge on any atom is 0.344 e. The van der Waals surface area contributed by atoms with Gasteiger partial charge in [-0.25, -0.2) is 4.79 Å². The Labute approximate surface area is 196 Å². The monoisotopic (exact) mass is 468 g/mol. The lowest BCUT2D eigenvalue weighted by Gasteiger charge is -2.29. The Bertz CT molecular complexity index is 1150. The molecular weight excluding hydrogens is 444 g/mol. The minimum atomic E-state index is -1.12. The third-order valence-corrected chi connectivity index (χ3v) is 5.08. The first kappa shape index (κ1) is 23.9. The average Bonchev–Trinajstić information content (AvgIpc) is 2.72. The van der Waals surface area contributed by atoms with Gasteiger partial charge in [-0.05, 0) is 86.9 Å². The highest BCUT2D eigenvalue weighted by molar-refractivity contribution is 7.80. The van der Waals surface area contributed by atoms with Crippen LogP contribution in [-0.4, -0.2) is 40.7 Å². The second-order valence-electron chi connectivity index (χ2n) is 7.54. The number of ether oxygens (including phenoxy) is 2. The third kappa shape index (κ3) is 5.38. The van der Waals surface area contributed by atoms with Crippen molar-refractivity contribution in [3.05, 3.63) is 58.7 Å². The summed E-state index contributed by atoms with van der Waals surface area (Å²) < 4.78 is 11.0. The number of nitrogens with zero attached hydrogens (tertiary/aromatic N) is 1. The molecule has 9 heteroatoms. The van der Waals surface area contributed by atoms with Crippen LogP contribution in [0.2, 0.25) is 0 Å². The summed E-state index contributed by atoms with van der Waals surface area (Å²) in [7, 11) is 0. The van der Waals surface area contributed by atoms with Crippen LogP contribution in [0.5, 0.6) is 11.5 Å². The minimum Gasteiger partial charge on any atom is -0.490 e. The molecule has 2 aromatic carbocycles. The van der Waals surface area contributed by atoms with E-state index in [1.165, 1.54) is 24.0 Å². The molecule has 2 aromatic rings. The number of hydrogen-bond acceptors (Lipinski definition) is 6. The number of thiocarbonyl (C=S) groups is 1. The number of amides is 2. The summed E-state index contributed by atoms with van der Waals surface area (Å²) in [5, 5.41) is 11.7. The van der Waals surface area contributed by atoms with E-state index in [9.17, 15) is 14.4 Å². The standard InChI is InChI=1S/C24H24N2O6S/c1-5-31-20-12-16(6-7-19(20)32-15(4)23(29)30)11-18-21(27)25-24(33)26(22(18)28)17-9-13(2)8-14(3)10-17/h6-12,15H,5H2,1-4H3,(H,29,30)(H,25,27,33)/b18-11+/t15-/m0/s1. The predicted molar refractivity (Wildman–Crippen MR) is 127 cm³/mol. The van der Waals surface area contributed by atoms with E-state index in [1.54, 1.807) is 19.1 Å². The summed E-state index contributed by atoms with van der Waals surface area (Å²) in [6.07, 6.45) is 0.355. The van der Waals surface area contributed by atoms with Crippen molar-refractivity contribution in [1.29, 1.82) is 0 Å². The molecule has 3 rings (SSSR count). The van der Waals surface area contributed by atoms with Crippen molar-refractivity contribution < 1.29 is 29.0 Å². The number of carbonyl (C=O) groups excluding carboxylic acids is 2. The topological polar surface area (TPSA) is 105 Å². The van der Waals surface area contributed by atoms with Crippen LogP contribution in [0, 0.1) is 13.8 Å². The van der Waals surface area contributed by atoms with E-state index >= 15 is 0 Å². The average molecular weight is 469 g/mol. The lowest BCUT2D eigenvalue weighted by molar-refractivity contribution is -0.144. The molecule has 1 aliphatic rings. The summed E-state index contributed by atoms with van der Waals surface area (Å²) in [5.41, 5.74) is 2.87. The number of carboxylic acids is 1. The second kappa shape index (κ2) is 9.83. The third-order valence-electron chi connectivity index (χ3n) is 4.80. The van der Waals surface area contributed by atoms with E-state index in [4.69, 9.17) is 26.8 Å². The fourth-order valence-electron chi connectivity index (χ4n) is 3.36. The molecule has 2 amide bonds. The van der Waals surface area contributed by atoms with E-state index < -0.39 is 23.9 Å². The van der Waals surface area contributed by atoms with Crippen LogP contribution in [0.1, 0.15) is 30.5 Å². The smallest absolute Gasteiger partial charge is 0.344 e. The SMILES string of the molecule is CCOc1cc(/C=C2\C(=O)NC(=S)N(c3cc(C)cc(C)c3)C2=O)ccc1O[C@@H](C)C(=O)O. The maximum atomic E-state index is 13.3. The Balaban J connectivity index is 1.99. The van der Waals surface area contributed by atoms with Gasteiger partial charge in [0.15, 0.2) is 22.7 Å². The zero-order valence-corrected chi connectivity index (χ0v) is 19.5. The first-order chi connectivity index (χ1) is 15.6. The van der Waals surface area contributed by atoms with Gasteiger partial charge in [0.25, 0.3) is 11.8 Å². The Morgan fingerprint density at radius 1 is 1.15 bits per heavy atom. The fourth-order valence-corrected chi connectivity index (χ4v) is 3.64. The number of carbonyl (C=O) groups is 3. The fraction of sp³-hybridized carbons (Fsp3) is 0.250. The predicted octanol–water partition coefficient (Wildman–Crippen LogP) is 3.39. The molecule has 8 nitrogen and oxygen atoms in total. The van der Waals surface area contributed by atoms with E-state index in [2.05, 4.69) is 5.32 Å². The quantitative estimate of drug-likeness (QED) is 0.365. The van der Waals surface area contributed by atoms with Crippen molar-refractivity contribution in [3.8, 4) is 11.5 Å². The van der Waals surface area contributed by atoms with Crippen molar-refractivity contribution in [2.24, 2.45) is 0 Å². The molecule has 0 saturated carbocycles. The van der Waals surface area contributed by atoms with E-state index in [0.29, 0.717) is 23.6 Å². The van der Waals surface area contributed by atoms with Crippen LogP contribution < -0.4 is 19.7 Å². The van der Waals surface area contributed by atoms with E-state index in [0.717, 1.165) is 11.1 Å². The Kier molecular flexibility index (Phi) is 7.13. The Hall–Kier alpha value is -3.72. The molecule has 0 bridgehead atoms. The summed E-state index contributed by atoms with van der Waals surface area (Å²) >= 11 is 5.26. The number of hydrogen-bond donors (Lipinski definition) is 2. The molecule has 1 aliphatic heterocycles. The Morgan fingerprint density at radius 2 is 1.82 bits per heavy atom. The van der Waals surface area contributed by atoms with Gasteiger partial charge in [-0.15, -0.1) is 0 Å². The number of rotatable bonds is 7. The number of anilines is 1. The van der Waals surface area contributed by atoms with Gasteiger partial charge in [-0.1, -0.05) is 12.1 Å². The number of carboxylic acid groups (broad SMARTS) is 1. The minimum absolute atomic E-state index is 0.00793. The molecular formula is C24H24N2O6S. The van der Waals surface area contributed by atoms with Crippen LogP contribution in [0.4, 0.5) is 5.69 Å². The molecule has 172 valence electrons. The Morgan fingerprint density at radius 3 is 2.42 bits per heavy atom. The van der Waals surface area contributed by atoms with Gasteiger partial charge >= 0.3 is 5.97 Å². The first-order valence-corrected chi connectivity index (χ1v) is 10.7. The zero-order chi connectivity index (χ0) is 24.3. The van der Waals surface area contributed by atoms with Crippen molar-refractivity contribution in [1.82, 2.24) is 5.32 Å². The molecule has 0 spiro atoms. The van der Waals surface area contributed by atoms with Gasteiger partial charge in [0.05, 0.1) is 12.3 Å². The molecule has 1 fully saturated rings. The summed E-state index contributed by atoms with van der Waals surface area (Å²) in [5.74, 6) is -1.73. The normalized spacial score (nSPS) is 15.9. The zero-order valence-electron chi connectivity index (χ0n) is 18.7. The highest BCUT2D eigenvalue weighted by atomic mass is 32.1. The maximum absolute atomic E-state index is 13.3. The highest BCUT2D eigenvalue weighted by Crippen LogP contribution is 2.31. The molecule has 0 aromatic heterocycles. The van der Waals surface area contributed by atoms with Gasteiger partial charge in [0, 0.05) is 0 Å². The van der Waals surface area contributed by atoms with Crippen LogP contribution in [0.3, 0.4) is 0 Å². The largest absolute Gasteiger partial charge is 0.490 e. The second-order valence-corrected chi connectivity index (χ2v) is 7.93. The molecule has 1 atom stereocenters. The summed E-state index contributed by atoms with van der Waals surface area (Å²) in [4.78, 5) is 38.3. The number of benzene rings is 2. The van der Waals surface area contributed by atoms with Crippen LogP contribution >= 0.6 is 12.2 Å². The van der Waals surface area contributed by atoms with Crippen molar-refractivity contribution in [2.45, 2.75) is 33.8 Å². The van der Waals surface area contributed by atoms with Gasteiger partial charge in [-0.3, -0.25) is 19.8 Å². The molecule has 0 unspecified atom stereocenters. The van der Waals surface area contributed by atoms with Crippen molar-refractivity contribution in [2.75, 3.05) is 11.5 Å². The lowest BCUT2D eigenvalue weighted by Crippen LogP contribution is -2.54. The van der Waals surface area contributed by atoms with E-state index in [-0.39, 0.29) is 16.4 Å². The van der Waals surface area contributed by atoms with Gasteiger partial charge < -0.3 is 14.6 Å². The first-order valence-electron chi connectivity index (χ1n) is 10.3. The highest BCUT2D eigenvalue weighted by Gasteiger charge is 2.34. The van der Waals surface area contributed by atoms with Crippen LogP contribution in [0.15, 0.2) is 42.0 Å². The molecule has 2 N–H and O–H groups in total. The van der Waals surface area contributed by atoms with Gasteiger partial charge in [0.1, 0.15) is 5.57 Å². The molecule has 1 heterocycles. The van der Waals surface area contributed by atoms with Crippen molar-refractivity contribution in [3.63, 3.8) is 0 Å². The van der Waals surface area contributed by atoms with Crippen molar-refractivity contribution >= 4 is 46.9 Å². The molecule has 1 saturated heterocycles. The number of aryl methyl sites for hydroxylation is 2. The molecule has 0 aliphatic carbocycles. The molecule has 33 heavy (non-hydrogen) atoms. The van der Waals surface area contributed by atoms with Gasteiger partial charge in [-0.2, -0.15) is 0 Å². The number of nitrogens with one attached hydrogen (secondary N) is 1. The molecule has 0 radical (unpaired) electrons. The van der Waals surface area contributed by atoms with Crippen LogP contribution in [0.25, 0.3) is 6.08 Å². The van der Waals surface area contributed by atoms with E-state index in [1.807, 2.05) is 32.0 Å². The van der Waals surface area contributed by atoms with Gasteiger partial charge in [0.2, 0.25) is 0 Å². The number of aliphatic carboxylic acids is 1. The summed E-state index contributed by atoms with van der Waals surface area (Å²) in [6, 6.07) is 10.3. The lowest BCUT2D eigenvalue weighted by atomic mass is 10.1.